The van der Waals surface area contributed by atoms with E-state index in [-0.39, 0.29) is 5.69 Å². The minimum absolute atomic E-state index is 0.187. The Hall–Kier alpha value is -2.94. The molecule has 0 bridgehead atoms. The Labute approximate surface area is 110 Å². The van der Waals surface area contributed by atoms with Gasteiger partial charge in [-0.2, -0.15) is 5.26 Å². The van der Waals surface area contributed by atoms with Gasteiger partial charge in [0.25, 0.3) is 5.91 Å². The Kier molecular flexibility index (Phi) is 3.69. The first-order valence-corrected chi connectivity index (χ1v) is 5.56. The zero-order valence-electron chi connectivity index (χ0n) is 10.2. The van der Waals surface area contributed by atoms with Gasteiger partial charge in [-0.25, -0.2) is 0 Å². The molecule has 0 aliphatic carbocycles. The molecule has 0 spiro atoms. The summed E-state index contributed by atoms with van der Waals surface area (Å²) in [5.74, 6) is 0.173. The highest BCUT2D eigenvalue weighted by Gasteiger charge is 2.10. The van der Waals surface area contributed by atoms with E-state index in [1.807, 2.05) is 6.07 Å². The number of carbonyl (C=O) groups excluding carboxylic acids is 1. The third-order valence-electron chi connectivity index (χ3n) is 2.45. The van der Waals surface area contributed by atoms with Crippen LogP contribution < -0.4 is 10.6 Å². The molecule has 19 heavy (non-hydrogen) atoms. The SMILES string of the molecule is CNc1ccc(C(=O)Nc2ccccc2C#N)nn1. The van der Waals surface area contributed by atoms with Crippen molar-refractivity contribution in [1.82, 2.24) is 10.2 Å². The third kappa shape index (κ3) is 2.84. The number of anilines is 2. The fraction of sp³-hybridized carbons (Fsp3) is 0.0769. The van der Waals surface area contributed by atoms with Crippen molar-refractivity contribution in [2.24, 2.45) is 0 Å². The minimum atomic E-state index is -0.405. The Balaban J connectivity index is 2.18. The van der Waals surface area contributed by atoms with Crippen molar-refractivity contribution in [3.63, 3.8) is 0 Å². The zero-order chi connectivity index (χ0) is 13.7. The van der Waals surface area contributed by atoms with Crippen molar-refractivity contribution < 1.29 is 4.79 Å². The number of nitriles is 1. The highest BCUT2D eigenvalue weighted by molar-refractivity contribution is 6.03. The smallest absolute Gasteiger partial charge is 0.276 e. The number of para-hydroxylation sites is 1. The number of hydrogen-bond donors (Lipinski definition) is 2. The predicted octanol–water partition coefficient (Wildman–Crippen LogP) is 1.64. The van der Waals surface area contributed by atoms with Crippen molar-refractivity contribution >= 4 is 17.4 Å². The van der Waals surface area contributed by atoms with E-state index in [0.717, 1.165) is 0 Å². The summed E-state index contributed by atoms with van der Waals surface area (Å²) in [6, 6.07) is 12.0. The molecule has 0 saturated carbocycles. The molecule has 6 heteroatoms. The summed E-state index contributed by atoms with van der Waals surface area (Å²) in [7, 11) is 1.72. The summed E-state index contributed by atoms with van der Waals surface area (Å²) in [5.41, 5.74) is 1.04. The standard InChI is InChI=1S/C13H11N5O/c1-15-12-7-6-11(17-18-12)13(19)16-10-5-3-2-4-9(10)8-14/h2-7H,1H3,(H,15,18)(H,16,19). The molecule has 0 radical (unpaired) electrons. The normalized spacial score (nSPS) is 9.47. The molecule has 2 rings (SSSR count). The summed E-state index contributed by atoms with van der Waals surface area (Å²) in [5, 5.41) is 22.0. The molecule has 94 valence electrons. The van der Waals surface area contributed by atoms with Gasteiger partial charge in [0.05, 0.1) is 11.3 Å². The largest absolute Gasteiger partial charge is 0.372 e. The average Bonchev–Trinajstić information content (AvgIpc) is 2.48. The van der Waals surface area contributed by atoms with E-state index in [9.17, 15) is 4.79 Å². The average molecular weight is 253 g/mol. The molecule has 0 aliphatic rings. The minimum Gasteiger partial charge on any atom is -0.372 e. The maximum absolute atomic E-state index is 11.9. The number of amides is 1. The fourth-order valence-electron chi connectivity index (χ4n) is 1.46. The van der Waals surface area contributed by atoms with Gasteiger partial charge in [-0.3, -0.25) is 4.79 Å². The maximum Gasteiger partial charge on any atom is 0.276 e. The van der Waals surface area contributed by atoms with Crippen LogP contribution in [0.3, 0.4) is 0 Å². The highest BCUT2D eigenvalue weighted by atomic mass is 16.1. The van der Waals surface area contributed by atoms with E-state index in [2.05, 4.69) is 20.8 Å². The molecule has 2 N–H and O–H groups in total. The number of nitrogens with zero attached hydrogens (tertiary/aromatic N) is 3. The number of carbonyl (C=O) groups is 1. The Morgan fingerprint density at radius 2 is 2.00 bits per heavy atom. The van der Waals surface area contributed by atoms with Crippen molar-refractivity contribution in [3.05, 3.63) is 47.7 Å². The summed E-state index contributed by atoms with van der Waals surface area (Å²) in [6.45, 7) is 0. The highest BCUT2D eigenvalue weighted by Crippen LogP contribution is 2.14. The van der Waals surface area contributed by atoms with Crippen LogP contribution in [0.4, 0.5) is 11.5 Å². The van der Waals surface area contributed by atoms with Gasteiger partial charge in [0, 0.05) is 7.05 Å². The molecular weight excluding hydrogens is 242 g/mol. The molecule has 6 nitrogen and oxygen atoms in total. The van der Waals surface area contributed by atoms with Gasteiger partial charge in [0.15, 0.2) is 5.69 Å². The van der Waals surface area contributed by atoms with E-state index >= 15 is 0 Å². The first-order valence-electron chi connectivity index (χ1n) is 5.56. The topological polar surface area (TPSA) is 90.7 Å². The van der Waals surface area contributed by atoms with E-state index in [1.165, 1.54) is 0 Å². The lowest BCUT2D eigenvalue weighted by molar-refractivity contribution is 0.102. The lowest BCUT2D eigenvalue weighted by Gasteiger charge is -2.06. The predicted molar refractivity (Wildman–Crippen MR) is 70.7 cm³/mol. The fourth-order valence-corrected chi connectivity index (χ4v) is 1.46. The number of benzene rings is 1. The molecule has 0 aliphatic heterocycles. The number of rotatable bonds is 3. The van der Waals surface area contributed by atoms with Gasteiger partial charge in [0.1, 0.15) is 11.9 Å². The van der Waals surface area contributed by atoms with Gasteiger partial charge in [0.2, 0.25) is 0 Å². The van der Waals surface area contributed by atoms with Crippen LogP contribution in [0.25, 0.3) is 0 Å². The van der Waals surface area contributed by atoms with Crippen LogP contribution in [0.15, 0.2) is 36.4 Å². The molecule has 2 aromatic rings. The monoisotopic (exact) mass is 253 g/mol. The lowest BCUT2D eigenvalue weighted by atomic mass is 10.2. The Morgan fingerprint density at radius 1 is 1.21 bits per heavy atom. The maximum atomic E-state index is 11.9. The molecule has 1 heterocycles. The first-order chi connectivity index (χ1) is 9.24. The summed E-state index contributed by atoms with van der Waals surface area (Å²) in [6.07, 6.45) is 0. The summed E-state index contributed by atoms with van der Waals surface area (Å²) < 4.78 is 0. The quantitative estimate of drug-likeness (QED) is 0.867. The van der Waals surface area contributed by atoms with E-state index in [4.69, 9.17) is 5.26 Å². The molecular formula is C13H11N5O. The molecule has 1 aromatic heterocycles. The third-order valence-corrected chi connectivity index (χ3v) is 2.45. The lowest BCUT2D eigenvalue weighted by Crippen LogP contribution is -2.15. The van der Waals surface area contributed by atoms with E-state index < -0.39 is 5.91 Å². The zero-order valence-corrected chi connectivity index (χ0v) is 10.2. The van der Waals surface area contributed by atoms with Gasteiger partial charge in [-0.15, -0.1) is 10.2 Å². The molecule has 0 unspecified atom stereocenters. The van der Waals surface area contributed by atoms with Crippen LogP contribution in [0.2, 0.25) is 0 Å². The second-order valence-electron chi connectivity index (χ2n) is 3.67. The molecule has 0 atom stereocenters. The molecule has 0 saturated heterocycles. The number of nitrogens with one attached hydrogen (secondary N) is 2. The van der Waals surface area contributed by atoms with Crippen LogP contribution in [0.1, 0.15) is 16.1 Å². The van der Waals surface area contributed by atoms with Crippen molar-refractivity contribution in [3.8, 4) is 6.07 Å². The first kappa shape index (κ1) is 12.5. The molecule has 1 amide bonds. The van der Waals surface area contributed by atoms with Gasteiger partial charge in [-0.1, -0.05) is 12.1 Å². The van der Waals surface area contributed by atoms with Crippen molar-refractivity contribution in [1.29, 1.82) is 5.26 Å². The van der Waals surface area contributed by atoms with Crippen LogP contribution in [-0.2, 0) is 0 Å². The number of aromatic nitrogens is 2. The second kappa shape index (κ2) is 5.60. The van der Waals surface area contributed by atoms with Crippen LogP contribution in [0.5, 0.6) is 0 Å². The van der Waals surface area contributed by atoms with Gasteiger partial charge < -0.3 is 10.6 Å². The van der Waals surface area contributed by atoms with E-state index in [1.54, 1.807) is 43.4 Å². The Bertz CT molecular complexity index is 630. The van der Waals surface area contributed by atoms with Crippen molar-refractivity contribution in [2.75, 3.05) is 17.7 Å². The number of hydrogen-bond acceptors (Lipinski definition) is 5. The van der Waals surface area contributed by atoms with Gasteiger partial charge >= 0.3 is 0 Å². The second-order valence-corrected chi connectivity index (χ2v) is 3.67. The van der Waals surface area contributed by atoms with Crippen LogP contribution in [0, 0.1) is 11.3 Å². The van der Waals surface area contributed by atoms with Crippen LogP contribution in [-0.4, -0.2) is 23.2 Å². The summed E-state index contributed by atoms with van der Waals surface area (Å²) >= 11 is 0. The van der Waals surface area contributed by atoms with E-state index in [0.29, 0.717) is 17.1 Å². The molecule has 1 aromatic carbocycles. The summed E-state index contributed by atoms with van der Waals surface area (Å²) in [4.78, 5) is 11.9. The Morgan fingerprint density at radius 3 is 2.63 bits per heavy atom. The van der Waals surface area contributed by atoms with Crippen molar-refractivity contribution in [2.45, 2.75) is 0 Å². The van der Waals surface area contributed by atoms with Crippen LogP contribution >= 0.6 is 0 Å². The van der Waals surface area contributed by atoms with Gasteiger partial charge in [-0.05, 0) is 24.3 Å². The molecule has 0 fully saturated rings.